The van der Waals surface area contributed by atoms with Crippen molar-refractivity contribution < 1.29 is 23.9 Å². The lowest BCUT2D eigenvalue weighted by molar-refractivity contribution is -0.127. The highest BCUT2D eigenvalue weighted by atomic mass is 32.2. The molecule has 3 rings (SSSR count). The lowest BCUT2D eigenvalue weighted by atomic mass is 10.1. The molecule has 2 aromatic rings. The van der Waals surface area contributed by atoms with Crippen molar-refractivity contribution in [1.82, 2.24) is 4.90 Å². The van der Waals surface area contributed by atoms with Crippen molar-refractivity contribution in [1.29, 1.82) is 0 Å². The number of para-hydroxylation sites is 1. The Morgan fingerprint density at radius 3 is 2.56 bits per heavy atom. The number of thioether (sulfide) groups is 1. The van der Waals surface area contributed by atoms with Crippen LogP contribution in [0.2, 0.25) is 0 Å². The molecule has 0 unspecified atom stereocenters. The number of nitrogens with zero attached hydrogens (tertiary/aromatic N) is 1. The van der Waals surface area contributed by atoms with E-state index in [1.54, 1.807) is 30.3 Å². The van der Waals surface area contributed by atoms with Crippen LogP contribution in [-0.2, 0) is 9.59 Å². The maximum atomic E-state index is 12.9. The summed E-state index contributed by atoms with van der Waals surface area (Å²) in [6.07, 6.45) is 1.48. The molecular weight excluding hydrogens is 428 g/mol. The monoisotopic (exact) mass is 454 g/mol. The van der Waals surface area contributed by atoms with Crippen molar-refractivity contribution in [3.05, 3.63) is 58.0 Å². The van der Waals surface area contributed by atoms with Gasteiger partial charge in [-0.3, -0.25) is 19.3 Å². The van der Waals surface area contributed by atoms with Gasteiger partial charge in [0.25, 0.3) is 11.1 Å². The summed E-state index contributed by atoms with van der Waals surface area (Å²) in [5, 5.41) is 2.24. The summed E-state index contributed by atoms with van der Waals surface area (Å²) in [6, 6.07) is 10.9. The molecule has 0 aromatic heterocycles. The number of imide groups is 1. The standard InChI is InChI=1S/C24H26N2O5S/c1-14(2)31-22-17(7-6-8-19(22)30-5)12-20-23(28)26(24(29)32-20)13-21(27)25-18-10-9-15(3)16(4)11-18/h6-12,14H,13H2,1-5H3,(H,25,27)/b20-12-. The third-order valence-electron chi connectivity index (χ3n) is 4.84. The molecule has 168 valence electrons. The first-order valence-corrected chi connectivity index (χ1v) is 11.0. The van der Waals surface area contributed by atoms with Gasteiger partial charge < -0.3 is 14.8 Å². The number of anilines is 1. The summed E-state index contributed by atoms with van der Waals surface area (Å²) in [7, 11) is 1.54. The number of benzene rings is 2. The van der Waals surface area contributed by atoms with Crippen molar-refractivity contribution >= 4 is 40.6 Å². The van der Waals surface area contributed by atoms with Crippen LogP contribution in [0.25, 0.3) is 6.08 Å². The minimum atomic E-state index is -0.520. The first-order chi connectivity index (χ1) is 15.2. The van der Waals surface area contributed by atoms with Crippen LogP contribution in [0.4, 0.5) is 10.5 Å². The van der Waals surface area contributed by atoms with E-state index in [4.69, 9.17) is 9.47 Å². The van der Waals surface area contributed by atoms with E-state index >= 15 is 0 Å². The van der Waals surface area contributed by atoms with E-state index in [-0.39, 0.29) is 17.6 Å². The van der Waals surface area contributed by atoms with Crippen LogP contribution < -0.4 is 14.8 Å². The Balaban J connectivity index is 1.78. The Morgan fingerprint density at radius 2 is 1.91 bits per heavy atom. The van der Waals surface area contributed by atoms with Gasteiger partial charge in [-0.05, 0) is 74.9 Å². The zero-order chi connectivity index (χ0) is 23.4. The van der Waals surface area contributed by atoms with Crippen LogP contribution in [0, 0.1) is 13.8 Å². The molecular formula is C24H26N2O5S. The lowest BCUT2D eigenvalue weighted by Crippen LogP contribution is -2.36. The van der Waals surface area contributed by atoms with Gasteiger partial charge in [0.1, 0.15) is 6.54 Å². The summed E-state index contributed by atoms with van der Waals surface area (Å²) < 4.78 is 11.2. The molecule has 0 radical (unpaired) electrons. The second-order valence-corrected chi connectivity index (χ2v) is 8.65. The molecule has 0 saturated carbocycles. The number of carbonyl (C=O) groups is 3. The summed E-state index contributed by atoms with van der Waals surface area (Å²) in [4.78, 5) is 38.9. The summed E-state index contributed by atoms with van der Waals surface area (Å²) in [5.74, 6) is 0.0549. The van der Waals surface area contributed by atoms with Crippen LogP contribution in [-0.4, -0.2) is 41.7 Å². The van der Waals surface area contributed by atoms with Crippen molar-refractivity contribution in [3.63, 3.8) is 0 Å². The molecule has 1 fully saturated rings. The SMILES string of the molecule is COc1cccc(/C=C2\SC(=O)N(CC(=O)Nc3ccc(C)c(C)c3)C2=O)c1OC(C)C. The molecule has 2 aromatic carbocycles. The molecule has 7 nitrogen and oxygen atoms in total. The molecule has 0 spiro atoms. The lowest BCUT2D eigenvalue weighted by Gasteiger charge is -2.16. The fourth-order valence-corrected chi connectivity index (χ4v) is 3.94. The maximum absolute atomic E-state index is 12.9. The van der Waals surface area contributed by atoms with Crippen LogP contribution in [0.15, 0.2) is 41.3 Å². The van der Waals surface area contributed by atoms with Gasteiger partial charge in [-0.2, -0.15) is 0 Å². The highest BCUT2D eigenvalue weighted by Gasteiger charge is 2.36. The van der Waals surface area contributed by atoms with Gasteiger partial charge in [-0.1, -0.05) is 18.2 Å². The number of rotatable bonds is 7. The molecule has 3 amide bonds. The average Bonchev–Trinajstić information content (AvgIpc) is 2.99. The molecule has 1 aliphatic heterocycles. The van der Waals surface area contributed by atoms with Crippen LogP contribution >= 0.6 is 11.8 Å². The Labute approximate surface area is 191 Å². The Hall–Kier alpha value is -3.26. The minimum Gasteiger partial charge on any atom is -0.493 e. The van der Waals surface area contributed by atoms with Gasteiger partial charge in [0.05, 0.1) is 18.1 Å². The second-order valence-electron chi connectivity index (χ2n) is 7.66. The third kappa shape index (κ3) is 5.31. The van der Waals surface area contributed by atoms with Crippen LogP contribution in [0.5, 0.6) is 11.5 Å². The molecule has 0 bridgehead atoms. The highest BCUT2D eigenvalue weighted by molar-refractivity contribution is 8.18. The largest absolute Gasteiger partial charge is 0.493 e. The molecule has 1 saturated heterocycles. The summed E-state index contributed by atoms with van der Waals surface area (Å²) >= 11 is 0.793. The van der Waals surface area contributed by atoms with E-state index in [2.05, 4.69) is 5.32 Å². The van der Waals surface area contributed by atoms with E-state index in [0.29, 0.717) is 22.7 Å². The van der Waals surface area contributed by atoms with Crippen LogP contribution in [0.1, 0.15) is 30.5 Å². The molecule has 0 aliphatic carbocycles. The third-order valence-corrected chi connectivity index (χ3v) is 5.74. The quantitative estimate of drug-likeness (QED) is 0.607. The number of ether oxygens (including phenoxy) is 2. The van der Waals surface area contributed by atoms with E-state index < -0.39 is 17.1 Å². The van der Waals surface area contributed by atoms with Gasteiger partial charge in [0.2, 0.25) is 5.91 Å². The fraction of sp³-hybridized carbons (Fsp3) is 0.292. The smallest absolute Gasteiger partial charge is 0.294 e. The van der Waals surface area contributed by atoms with Gasteiger partial charge in [0.15, 0.2) is 11.5 Å². The summed E-state index contributed by atoms with van der Waals surface area (Å²) in [5.41, 5.74) is 3.38. The van der Waals surface area contributed by atoms with Gasteiger partial charge in [0, 0.05) is 11.3 Å². The van der Waals surface area contributed by atoms with Crippen molar-refractivity contribution in [2.45, 2.75) is 33.8 Å². The number of hydrogen-bond donors (Lipinski definition) is 1. The Bertz CT molecular complexity index is 1090. The van der Waals surface area contributed by atoms with Gasteiger partial charge in [-0.25, -0.2) is 0 Å². The molecule has 1 aliphatic rings. The Morgan fingerprint density at radius 1 is 1.16 bits per heavy atom. The molecule has 1 N–H and O–H groups in total. The molecule has 32 heavy (non-hydrogen) atoms. The minimum absolute atomic E-state index is 0.109. The Kier molecular flexibility index (Phi) is 7.25. The van der Waals surface area contributed by atoms with E-state index in [1.165, 1.54) is 7.11 Å². The van der Waals surface area contributed by atoms with E-state index in [9.17, 15) is 14.4 Å². The number of nitrogens with one attached hydrogen (secondary N) is 1. The number of hydrogen-bond acceptors (Lipinski definition) is 6. The van der Waals surface area contributed by atoms with Gasteiger partial charge >= 0.3 is 0 Å². The van der Waals surface area contributed by atoms with Crippen molar-refractivity contribution in [3.8, 4) is 11.5 Å². The molecule has 1 heterocycles. The number of aryl methyl sites for hydroxylation is 2. The normalized spacial score (nSPS) is 14.9. The zero-order valence-corrected chi connectivity index (χ0v) is 19.5. The van der Waals surface area contributed by atoms with Crippen LogP contribution in [0.3, 0.4) is 0 Å². The predicted molar refractivity (Wildman–Crippen MR) is 126 cm³/mol. The molecule has 0 atom stereocenters. The van der Waals surface area contributed by atoms with Crippen molar-refractivity contribution in [2.24, 2.45) is 0 Å². The maximum Gasteiger partial charge on any atom is 0.294 e. The number of amides is 3. The first kappa shape index (κ1) is 23.4. The topological polar surface area (TPSA) is 84.9 Å². The second kappa shape index (κ2) is 9.91. The highest BCUT2D eigenvalue weighted by Crippen LogP contribution is 2.37. The van der Waals surface area contributed by atoms with Gasteiger partial charge in [-0.15, -0.1) is 0 Å². The number of carbonyl (C=O) groups excluding carboxylic acids is 3. The van der Waals surface area contributed by atoms with E-state index in [0.717, 1.165) is 27.8 Å². The predicted octanol–water partition coefficient (Wildman–Crippen LogP) is 4.77. The zero-order valence-electron chi connectivity index (χ0n) is 18.7. The summed E-state index contributed by atoms with van der Waals surface area (Å²) in [6.45, 7) is 7.34. The first-order valence-electron chi connectivity index (χ1n) is 10.2. The van der Waals surface area contributed by atoms with E-state index in [1.807, 2.05) is 39.8 Å². The van der Waals surface area contributed by atoms with Crippen molar-refractivity contribution in [2.75, 3.05) is 19.0 Å². The number of methoxy groups -OCH3 is 1. The average molecular weight is 455 g/mol. The fourth-order valence-electron chi connectivity index (χ4n) is 3.11. The molecule has 8 heteroatoms.